The number of carbonyl (C=O) groups excluding carboxylic acids is 5. The largest absolute Gasteiger partial charge is 0.461 e. The van der Waals surface area contributed by atoms with Crippen LogP contribution < -0.4 is 0 Å². The number of esters is 5. The minimum Gasteiger partial charge on any atom is -0.461 e. The molecular formula is C46H19F20N15O11. The Balaban J connectivity index is 1.75. The molecule has 0 spiro atoms. The Labute approximate surface area is 490 Å². The summed E-state index contributed by atoms with van der Waals surface area (Å²) in [6.07, 6.45) is -1.02. The number of ether oxygens (including phenoxy) is 6. The minimum atomic E-state index is -3.49. The van der Waals surface area contributed by atoms with Gasteiger partial charge in [0.25, 0.3) is 0 Å². The smallest absolute Gasteiger partial charge is 0.344 e. The van der Waals surface area contributed by atoms with Crippen molar-refractivity contribution in [3.05, 3.63) is 196 Å². The van der Waals surface area contributed by atoms with Crippen LogP contribution in [0.25, 0.3) is 52.2 Å². The molecule has 0 saturated carbocycles. The van der Waals surface area contributed by atoms with E-state index in [-0.39, 0.29) is 0 Å². The lowest BCUT2D eigenvalue weighted by Crippen LogP contribution is -2.46. The third-order valence-electron chi connectivity index (χ3n) is 12.1. The lowest BCUT2D eigenvalue weighted by atomic mass is 9.87. The summed E-state index contributed by atoms with van der Waals surface area (Å²) in [5, 5.41) is 11.7. The van der Waals surface area contributed by atoms with E-state index in [0.29, 0.717) is 0 Å². The van der Waals surface area contributed by atoms with Gasteiger partial charge in [-0.1, -0.05) is 32.5 Å². The molecule has 46 heteroatoms. The van der Waals surface area contributed by atoms with E-state index in [1.807, 2.05) is 24.6 Å². The zero-order valence-electron chi connectivity index (χ0n) is 43.9. The highest BCUT2D eigenvalue weighted by atomic mass is 19.2. The van der Waals surface area contributed by atoms with Gasteiger partial charge in [0.15, 0.2) is 116 Å². The molecule has 0 aliphatic rings. The van der Waals surface area contributed by atoms with E-state index in [4.69, 9.17) is 41.9 Å². The molecule has 5 aromatic rings. The van der Waals surface area contributed by atoms with Crippen molar-refractivity contribution in [2.45, 2.75) is 13.3 Å². The summed E-state index contributed by atoms with van der Waals surface area (Å²) >= 11 is 0. The van der Waals surface area contributed by atoms with E-state index >= 15 is 43.9 Å². The standard InChI is InChI=1S/C46H19F20N15O11/c1-2-45(5-88-40(82)10-15(47)25(57)35(72-77-67)26(58)16(10)48,6-89-41(83)11-17(49)27(59)36(73-78-68)28(60)18(11)50)3-87-4-46(7-90-42(84)12-19(51)29(61)37(74-79-69)30(62)20(12)52,8-91-43(85)13-21(53)31(63)38(75-80-70)32(64)22(13)54)9-92-44(86)14-23(55)33(65)39(76-81-71)34(66)24(14)56/h2-9H2,1H3. The molecule has 0 radical (unpaired) electrons. The number of halogens is 20. The maximum atomic E-state index is 15.3. The minimum absolute atomic E-state index is 0.839. The van der Waals surface area contributed by atoms with E-state index in [0.717, 1.165) is 6.92 Å². The molecular weight excluding hydrogens is 1320 g/mol. The van der Waals surface area contributed by atoms with Crippen LogP contribution in [-0.4, -0.2) is 76.1 Å². The van der Waals surface area contributed by atoms with Crippen LogP contribution in [0.4, 0.5) is 116 Å². The van der Waals surface area contributed by atoms with Gasteiger partial charge in [-0.2, -0.15) is 0 Å². The zero-order chi connectivity index (χ0) is 69.2. The van der Waals surface area contributed by atoms with Crippen molar-refractivity contribution >= 4 is 58.3 Å². The van der Waals surface area contributed by atoms with Crippen LogP contribution >= 0.6 is 0 Å². The Morgan fingerprint density at radius 3 is 0.587 bits per heavy atom. The summed E-state index contributed by atoms with van der Waals surface area (Å²) in [7, 11) is 0. The summed E-state index contributed by atoms with van der Waals surface area (Å²) < 4.78 is 330. The van der Waals surface area contributed by atoms with Crippen LogP contribution in [0.5, 0.6) is 0 Å². The average Bonchev–Trinajstić information content (AvgIpc) is 0.823. The second-order valence-electron chi connectivity index (χ2n) is 17.6. The third-order valence-corrected chi connectivity index (χ3v) is 12.1. The fourth-order valence-electron chi connectivity index (χ4n) is 7.28. The zero-order valence-corrected chi connectivity index (χ0v) is 43.9. The molecule has 5 rings (SSSR count). The molecule has 0 saturated heterocycles. The number of carbonyl (C=O) groups is 5. The second-order valence-corrected chi connectivity index (χ2v) is 17.6. The Morgan fingerprint density at radius 2 is 0.435 bits per heavy atom. The van der Waals surface area contributed by atoms with Crippen molar-refractivity contribution in [1.29, 1.82) is 0 Å². The molecule has 26 nitrogen and oxygen atoms in total. The topological polar surface area (TPSA) is 385 Å². The van der Waals surface area contributed by atoms with Gasteiger partial charge in [-0.05, 0) is 34.1 Å². The van der Waals surface area contributed by atoms with Crippen LogP contribution in [0.15, 0.2) is 25.6 Å². The number of hydrogen-bond acceptors (Lipinski definition) is 16. The van der Waals surface area contributed by atoms with Gasteiger partial charge in [0.05, 0.1) is 24.0 Å². The van der Waals surface area contributed by atoms with E-state index in [2.05, 4.69) is 39.8 Å². The van der Waals surface area contributed by atoms with Gasteiger partial charge in [-0.3, -0.25) is 0 Å². The Morgan fingerprint density at radius 1 is 0.283 bits per heavy atom. The first kappa shape index (κ1) is 71.3. The predicted molar refractivity (Wildman–Crippen MR) is 253 cm³/mol. The van der Waals surface area contributed by atoms with Crippen LogP contribution in [0, 0.1) is 127 Å². The number of nitrogens with zero attached hydrogens (tertiary/aromatic N) is 15. The fourth-order valence-corrected chi connectivity index (χ4v) is 7.28. The molecule has 5 aromatic carbocycles. The van der Waals surface area contributed by atoms with Gasteiger partial charge in [0.2, 0.25) is 0 Å². The maximum absolute atomic E-state index is 15.3. The molecule has 0 amide bonds. The normalized spacial score (nSPS) is 12.1. The van der Waals surface area contributed by atoms with Crippen molar-refractivity contribution in [2.24, 2.45) is 36.4 Å². The Hall–Kier alpha value is -11.4. The summed E-state index contributed by atoms with van der Waals surface area (Å²) in [6, 6.07) is 0. The molecule has 0 N–H and O–H groups in total. The average molecular weight is 1340 g/mol. The van der Waals surface area contributed by atoms with Crippen LogP contribution in [-0.2, 0) is 28.4 Å². The first-order valence-corrected chi connectivity index (χ1v) is 23.2. The van der Waals surface area contributed by atoms with Gasteiger partial charge >= 0.3 is 29.8 Å². The van der Waals surface area contributed by atoms with Gasteiger partial charge in [0, 0.05) is 24.6 Å². The van der Waals surface area contributed by atoms with E-state index < -0.39 is 266 Å². The SMILES string of the molecule is CCC(COCC(COC(=O)c1c(F)c(F)c(N=[N+]=[N-])c(F)c1F)(COC(=O)c1c(F)c(F)c(N=[N+]=[N-])c(F)c1F)COC(=O)c1c(F)c(F)c(N=[N+]=[N-])c(F)c1F)(COC(=O)c1c(F)c(F)c(N=[N+]=[N-])c(F)c1F)COC(=O)c1c(F)c(F)c(N=[N+]=[N-])c(F)c1F. The van der Waals surface area contributed by atoms with Crippen molar-refractivity contribution in [3.8, 4) is 0 Å². The van der Waals surface area contributed by atoms with Crippen molar-refractivity contribution in [2.75, 3.05) is 46.2 Å². The van der Waals surface area contributed by atoms with Crippen molar-refractivity contribution in [3.63, 3.8) is 0 Å². The first-order valence-electron chi connectivity index (χ1n) is 23.2. The number of rotatable bonds is 25. The highest BCUT2D eigenvalue weighted by molar-refractivity contribution is 5.93. The van der Waals surface area contributed by atoms with E-state index in [1.54, 1.807) is 0 Å². The summed E-state index contributed by atoms with van der Waals surface area (Å²) in [5.41, 5.74) is 14.1. The molecule has 0 fully saturated rings. The van der Waals surface area contributed by atoms with E-state index in [9.17, 15) is 67.9 Å². The first-order chi connectivity index (χ1) is 43.3. The van der Waals surface area contributed by atoms with Gasteiger partial charge in [-0.25, -0.2) is 112 Å². The maximum Gasteiger partial charge on any atom is 0.344 e. The number of hydrogen-bond donors (Lipinski definition) is 0. The summed E-state index contributed by atoms with van der Waals surface area (Å²) in [5.74, 6) is -67.5. The van der Waals surface area contributed by atoms with Crippen LogP contribution in [0.3, 0.4) is 0 Å². The predicted octanol–water partition coefficient (Wildman–Crippen LogP) is 15.2. The van der Waals surface area contributed by atoms with Crippen LogP contribution in [0.2, 0.25) is 0 Å². The molecule has 0 aliphatic heterocycles. The second kappa shape index (κ2) is 29.3. The highest BCUT2D eigenvalue weighted by Gasteiger charge is 2.44. The molecule has 92 heavy (non-hydrogen) atoms. The Bertz CT molecular complexity index is 3740. The summed E-state index contributed by atoms with van der Waals surface area (Å²) in [6.45, 7) is -13.1. The molecule has 0 aromatic heterocycles. The lowest BCUT2D eigenvalue weighted by Gasteiger charge is -2.35. The van der Waals surface area contributed by atoms with E-state index in [1.165, 1.54) is 0 Å². The van der Waals surface area contributed by atoms with Crippen LogP contribution in [0.1, 0.15) is 65.1 Å². The van der Waals surface area contributed by atoms with Gasteiger partial charge in [0.1, 0.15) is 89.3 Å². The van der Waals surface area contributed by atoms with Crippen molar-refractivity contribution < 1.29 is 140 Å². The fraction of sp³-hybridized carbons (Fsp3) is 0.239. The molecule has 0 aliphatic carbocycles. The molecule has 0 unspecified atom stereocenters. The highest BCUT2D eigenvalue weighted by Crippen LogP contribution is 2.38. The monoisotopic (exact) mass is 1340 g/mol. The lowest BCUT2D eigenvalue weighted by molar-refractivity contribution is -0.102. The van der Waals surface area contributed by atoms with Crippen molar-refractivity contribution in [1.82, 2.24) is 0 Å². The van der Waals surface area contributed by atoms with Gasteiger partial charge in [-0.15, -0.1) is 0 Å². The summed E-state index contributed by atoms with van der Waals surface area (Å²) in [4.78, 5) is 76.4. The van der Waals surface area contributed by atoms with Gasteiger partial charge < -0.3 is 28.4 Å². The molecule has 484 valence electrons. The Kier molecular flexibility index (Phi) is 22.7. The quantitative estimate of drug-likeness (QED) is 0.0100. The number of benzene rings is 5. The molecule has 0 heterocycles. The third kappa shape index (κ3) is 13.9. The molecule has 0 bridgehead atoms. The molecule has 0 atom stereocenters. The number of azide groups is 5.